The van der Waals surface area contributed by atoms with Crippen LogP contribution in [-0.2, 0) is 14.6 Å². The van der Waals surface area contributed by atoms with Gasteiger partial charge in [0.1, 0.15) is 0 Å². The molecule has 3 rings (SSSR count). The molecule has 1 atom stereocenters. The van der Waals surface area contributed by atoms with E-state index in [0.717, 1.165) is 11.3 Å². The molecular formula is C19H25ClN4O3S3. The van der Waals surface area contributed by atoms with Crippen LogP contribution in [0.4, 0.5) is 10.8 Å². The summed E-state index contributed by atoms with van der Waals surface area (Å²) in [6, 6.07) is 5.37. The highest BCUT2D eigenvalue weighted by Crippen LogP contribution is 2.31. The number of carbonyl (C=O) groups is 1. The first kappa shape index (κ1) is 23.3. The molecule has 164 valence electrons. The number of rotatable bonds is 8. The van der Waals surface area contributed by atoms with Gasteiger partial charge in [0.05, 0.1) is 17.3 Å². The van der Waals surface area contributed by atoms with E-state index in [2.05, 4.69) is 15.5 Å². The highest BCUT2D eigenvalue weighted by atomic mass is 35.5. The van der Waals surface area contributed by atoms with Gasteiger partial charge in [-0.2, -0.15) is 0 Å². The number of nitrogens with one attached hydrogen (secondary N) is 1. The maximum atomic E-state index is 12.9. The summed E-state index contributed by atoms with van der Waals surface area (Å²) in [5.74, 6) is 0.614. The average Bonchev–Trinajstić information content (AvgIpc) is 3.27. The molecule has 1 saturated heterocycles. The molecule has 1 aliphatic heterocycles. The minimum absolute atomic E-state index is 0.0575. The third kappa shape index (κ3) is 6.09. The molecule has 0 spiro atoms. The number of carbonyl (C=O) groups excluding carboxylic acids is 1. The fraction of sp³-hybridized carbons (Fsp3) is 0.526. The Hall–Kier alpha value is -1.36. The van der Waals surface area contributed by atoms with Gasteiger partial charge in [0, 0.05) is 23.3 Å². The van der Waals surface area contributed by atoms with Crippen molar-refractivity contribution in [1.82, 2.24) is 15.1 Å². The van der Waals surface area contributed by atoms with Crippen molar-refractivity contribution in [3.05, 3.63) is 28.8 Å². The largest absolute Gasteiger partial charge is 0.338 e. The molecule has 1 unspecified atom stereocenters. The quantitative estimate of drug-likeness (QED) is 0.561. The summed E-state index contributed by atoms with van der Waals surface area (Å²) in [7, 11) is -3.05. The normalized spacial score (nSPS) is 18.0. The van der Waals surface area contributed by atoms with E-state index in [1.807, 2.05) is 39.0 Å². The lowest BCUT2D eigenvalue weighted by atomic mass is 10.1. The predicted octanol–water partition coefficient (Wildman–Crippen LogP) is 4.01. The van der Waals surface area contributed by atoms with Crippen molar-refractivity contribution in [3.63, 3.8) is 0 Å². The van der Waals surface area contributed by atoms with Gasteiger partial charge in [-0.3, -0.25) is 4.79 Å². The molecule has 30 heavy (non-hydrogen) atoms. The number of hydrogen-bond acceptors (Lipinski definition) is 8. The van der Waals surface area contributed by atoms with Crippen molar-refractivity contribution in [2.45, 2.75) is 37.6 Å². The van der Waals surface area contributed by atoms with Gasteiger partial charge < -0.3 is 10.2 Å². The lowest BCUT2D eigenvalue weighted by Gasteiger charge is -2.29. The number of sulfone groups is 1. The van der Waals surface area contributed by atoms with Crippen LogP contribution in [0.25, 0.3) is 0 Å². The van der Waals surface area contributed by atoms with Crippen LogP contribution in [0.1, 0.15) is 25.8 Å². The standard InChI is InChI=1S/C19H25ClN4O3S3/c1-12(2)9-24(14-7-8-30(26,27)11-14)17(25)10-28-19-23-22-18(29-19)21-16-6-4-5-15(20)13(16)3/h4-6,12,14H,7-11H2,1-3H3,(H,21,22). The van der Waals surface area contributed by atoms with Crippen molar-refractivity contribution in [1.29, 1.82) is 0 Å². The Morgan fingerprint density at radius 2 is 2.17 bits per heavy atom. The molecule has 0 aliphatic carbocycles. The number of aromatic nitrogens is 2. The number of thioether (sulfide) groups is 1. The lowest BCUT2D eigenvalue weighted by Crippen LogP contribution is -2.44. The van der Waals surface area contributed by atoms with Crippen molar-refractivity contribution >= 4 is 61.3 Å². The molecule has 1 aliphatic rings. The zero-order chi connectivity index (χ0) is 21.9. The number of anilines is 2. The lowest BCUT2D eigenvalue weighted by molar-refractivity contribution is -0.130. The Labute approximate surface area is 190 Å². The van der Waals surface area contributed by atoms with Crippen LogP contribution in [0, 0.1) is 12.8 Å². The average molecular weight is 489 g/mol. The molecule has 0 bridgehead atoms. The summed E-state index contributed by atoms with van der Waals surface area (Å²) in [5, 5.41) is 12.8. The van der Waals surface area contributed by atoms with Gasteiger partial charge in [0.2, 0.25) is 11.0 Å². The van der Waals surface area contributed by atoms with Gasteiger partial charge in [-0.15, -0.1) is 10.2 Å². The monoisotopic (exact) mass is 488 g/mol. The number of hydrogen-bond donors (Lipinski definition) is 1. The first-order chi connectivity index (χ1) is 14.1. The number of amides is 1. The van der Waals surface area contributed by atoms with Crippen molar-refractivity contribution < 1.29 is 13.2 Å². The predicted molar refractivity (Wildman–Crippen MR) is 124 cm³/mol. The molecule has 2 heterocycles. The minimum Gasteiger partial charge on any atom is -0.338 e. The molecule has 0 saturated carbocycles. The fourth-order valence-corrected chi connectivity index (χ4v) is 6.81. The zero-order valence-corrected chi connectivity index (χ0v) is 20.3. The summed E-state index contributed by atoms with van der Waals surface area (Å²) < 4.78 is 24.4. The van der Waals surface area contributed by atoms with E-state index < -0.39 is 9.84 Å². The first-order valence-electron chi connectivity index (χ1n) is 9.63. The van der Waals surface area contributed by atoms with Crippen LogP contribution in [0.2, 0.25) is 5.02 Å². The maximum absolute atomic E-state index is 12.9. The van der Waals surface area contributed by atoms with E-state index >= 15 is 0 Å². The topological polar surface area (TPSA) is 92.3 Å². The Morgan fingerprint density at radius 1 is 1.40 bits per heavy atom. The van der Waals surface area contributed by atoms with E-state index in [9.17, 15) is 13.2 Å². The SMILES string of the molecule is Cc1c(Cl)cccc1Nc1nnc(SCC(=O)N(CC(C)C)C2CCS(=O)(=O)C2)s1. The maximum Gasteiger partial charge on any atom is 0.233 e. The van der Waals surface area contributed by atoms with Crippen molar-refractivity contribution in [2.24, 2.45) is 5.92 Å². The summed E-state index contributed by atoms with van der Waals surface area (Å²) in [6.45, 7) is 6.53. The summed E-state index contributed by atoms with van der Waals surface area (Å²) in [5.41, 5.74) is 1.78. The van der Waals surface area contributed by atoms with Crippen LogP contribution in [0.5, 0.6) is 0 Å². The van der Waals surface area contributed by atoms with Gasteiger partial charge in [-0.25, -0.2) is 8.42 Å². The van der Waals surface area contributed by atoms with Crippen LogP contribution in [0.3, 0.4) is 0 Å². The summed E-state index contributed by atoms with van der Waals surface area (Å²) in [6.07, 6.45) is 0.511. The second-order valence-electron chi connectivity index (χ2n) is 7.70. The molecule has 1 fully saturated rings. The van der Waals surface area contributed by atoms with E-state index in [-0.39, 0.29) is 35.1 Å². The van der Waals surface area contributed by atoms with Gasteiger partial charge in [0.15, 0.2) is 14.2 Å². The second-order valence-corrected chi connectivity index (χ2v) is 12.5. The Kier molecular flexibility index (Phi) is 7.65. The molecule has 1 aromatic carbocycles. The third-order valence-electron chi connectivity index (χ3n) is 4.77. The van der Waals surface area contributed by atoms with Crippen LogP contribution in [0.15, 0.2) is 22.5 Å². The molecule has 1 N–H and O–H groups in total. The van der Waals surface area contributed by atoms with E-state index in [1.165, 1.54) is 23.1 Å². The highest BCUT2D eigenvalue weighted by Gasteiger charge is 2.34. The van der Waals surface area contributed by atoms with Gasteiger partial charge in [-0.05, 0) is 37.0 Å². The molecule has 1 amide bonds. The molecule has 1 aromatic heterocycles. The van der Waals surface area contributed by atoms with Crippen LogP contribution < -0.4 is 5.32 Å². The molecule has 11 heteroatoms. The number of benzene rings is 1. The zero-order valence-electron chi connectivity index (χ0n) is 17.1. The highest BCUT2D eigenvalue weighted by molar-refractivity contribution is 8.01. The number of halogens is 1. The first-order valence-corrected chi connectivity index (χ1v) is 13.6. The molecule has 7 nitrogen and oxygen atoms in total. The summed E-state index contributed by atoms with van der Waals surface area (Å²) in [4.78, 5) is 14.6. The Bertz CT molecular complexity index is 1010. The van der Waals surface area contributed by atoms with Crippen molar-refractivity contribution in [2.75, 3.05) is 29.1 Å². The van der Waals surface area contributed by atoms with E-state index in [4.69, 9.17) is 11.6 Å². The third-order valence-corrected chi connectivity index (χ3v) is 8.88. The van der Waals surface area contributed by atoms with Crippen LogP contribution in [-0.4, -0.2) is 59.3 Å². The van der Waals surface area contributed by atoms with E-state index in [0.29, 0.717) is 27.5 Å². The van der Waals surface area contributed by atoms with Gasteiger partial charge >= 0.3 is 0 Å². The van der Waals surface area contributed by atoms with Gasteiger partial charge in [0.25, 0.3) is 0 Å². The number of nitrogens with zero attached hydrogens (tertiary/aromatic N) is 3. The smallest absolute Gasteiger partial charge is 0.233 e. The van der Waals surface area contributed by atoms with E-state index in [1.54, 1.807) is 4.90 Å². The fourth-order valence-electron chi connectivity index (χ4n) is 3.25. The van der Waals surface area contributed by atoms with Gasteiger partial charge in [-0.1, -0.05) is 54.6 Å². The van der Waals surface area contributed by atoms with Crippen LogP contribution >= 0.6 is 34.7 Å². The second kappa shape index (κ2) is 9.84. The summed E-state index contributed by atoms with van der Waals surface area (Å²) >= 11 is 8.83. The minimum atomic E-state index is -3.05. The molecule has 0 radical (unpaired) electrons. The molecule has 2 aromatic rings. The Morgan fingerprint density at radius 3 is 2.83 bits per heavy atom. The molecular weight excluding hydrogens is 464 g/mol. The Balaban J connectivity index is 1.61. The van der Waals surface area contributed by atoms with Crippen molar-refractivity contribution in [3.8, 4) is 0 Å².